The number of rotatable bonds is 3. The minimum Gasteiger partial charge on any atom is -0.398 e. The molecule has 0 radical (unpaired) electrons. The predicted molar refractivity (Wildman–Crippen MR) is 51.8 cm³/mol. The number of hydrogen-bond donors (Lipinski definition) is 1. The van der Waals surface area contributed by atoms with Crippen molar-refractivity contribution in [3.05, 3.63) is 29.3 Å². The molecule has 0 saturated carbocycles. The van der Waals surface area contributed by atoms with E-state index < -0.39 is 0 Å². The van der Waals surface area contributed by atoms with Crippen LogP contribution in [0.5, 0.6) is 0 Å². The van der Waals surface area contributed by atoms with Crippen molar-refractivity contribution in [2.75, 3.05) is 19.5 Å². The van der Waals surface area contributed by atoms with Crippen LogP contribution >= 0.6 is 0 Å². The fraction of sp³-hybridized carbons (Fsp3) is 0.300. The van der Waals surface area contributed by atoms with Crippen LogP contribution in [-0.4, -0.2) is 19.5 Å². The highest BCUT2D eigenvalue weighted by atomic mass is 16.5. The molecule has 0 unspecified atom stereocenters. The molecule has 3 heteroatoms. The average Bonchev–Trinajstić information content (AvgIpc) is 2.10. The molecule has 1 rings (SSSR count). The van der Waals surface area contributed by atoms with Crippen LogP contribution < -0.4 is 5.73 Å². The Kier molecular flexibility index (Phi) is 3.03. The number of hydrogen-bond acceptors (Lipinski definition) is 3. The third kappa shape index (κ3) is 2.06. The second kappa shape index (κ2) is 4.05. The normalized spacial score (nSPS) is 10.0. The first-order chi connectivity index (χ1) is 6.16. The van der Waals surface area contributed by atoms with Gasteiger partial charge in [0, 0.05) is 18.4 Å². The monoisotopic (exact) mass is 179 g/mol. The summed E-state index contributed by atoms with van der Waals surface area (Å²) in [6, 6.07) is 5.40. The van der Waals surface area contributed by atoms with Crippen molar-refractivity contribution in [3.8, 4) is 0 Å². The van der Waals surface area contributed by atoms with Gasteiger partial charge in [0.05, 0.1) is 0 Å². The molecular weight excluding hydrogens is 166 g/mol. The molecule has 0 saturated heterocycles. The van der Waals surface area contributed by atoms with Gasteiger partial charge in [0.2, 0.25) is 0 Å². The standard InChI is InChI=1S/C10H13NO2/c1-7-4-3-5-8(10(7)11)9(12)6-13-2/h3-5H,6,11H2,1-2H3. The van der Waals surface area contributed by atoms with Gasteiger partial charge in [-0.25, -0.2) is 0 Å². The van der Waals surface area contributed by atoms with Crippen LogP contribution in [0.1, 0.15) is 15.9 Å². The molecule has 0 spiro atoms. The van der Waals surface area contributed by atoms with Crippen molar-refractivity contribution in [3.63, 3.8) is 0 Å². The van der Waals surface area contributed by atoms with Crippen LogP contribution in [0.2, 0.25) is 0 Å². The second-order valence-electron chi connectivity index (χ2n) is 2.89. The molecule has 0 aliphatic rings. The van der Waals surface area contributed by atoms with Crippen molar-refractivity contribution in [2.45, 2.75) is 6.92 Å². The smallest absolute Gasteiger partial charge is 0.190 e. The lowest BCUT2D eigenvalue weighted by Crippen LogP contribution is -2.10. The molecule has 0 aliphatic carbocycles. The molecule has 0 aliphatic heterocycles. The first kappa shape index (κ1) is 9.74. The Balaban J connectivity index is 3.01. The van der Waals surface area contributed by atoms with E-state index >= 15 is 0 Å². The van der Waals surface area contributed by atoms with E-state index in [1.807, 2.05) is 19.1 Å². The number of ketones is 1. The van der Waals surface area contributed by atoms with Crippen LogP contribution in [0.25, 0.3) is 0 Å². The number of anilines is 1. The van der Waals surface area contributed by atoms with Crippen molar-refractivity contribution in [2.24, 2.45) is 0 Å². The highest BCUT2D eigenvalue weighted by molar-refractivity contribution is 6.02. The van der Waals surface area contributed by atoms with Crippen LogP contribution in [0.15, 0.2) is 18.2 Å². The number of para-hydroxylation sites is 1. The van der Waals surface area contributed by atoms with Crippen LogP contribution in [0, 0.1) is 6.92 Å². The Bertz CT molecular complexity index is 321. The predicted octanol–water partition coefficient (Wildman–Crippen LogP) is 1.41. The Morgan fingerprint density at radius 1 is 1.54 bits per heavy atom. The molecule has 0 amide bonds. The number of nitrogens with two attached hydrogens (primary N) is 1. The maximum absolute atomic E-state index is 11.4. The molecular formula is C10H13NO2. The van der Waals surface area contributed by atoms with Crippen LogP contribution in [0.3, 0.4) is 0 Å². The number of Topliss-reactive ketones (excluding diaryl/α,β-unsaturated/α-hetero) is 1. The zero-order valence-corrected chi connectivity index (χ0v) is 7.83. The molecule has 70 valence electrons. The lowest BCUT2D eigenvalue weighted by Gasteiger charge is -2.06. The molecule has 0 bridgehead atoms. The number of carbonyl (C=O) groups excluding carboxylic acids is 1. The zero-order valence-electron chi connectivity index (χ0n) is 7.83. The van der Waals surface area contributed by atoms with Crippen molar-refractivity contribution in [1.82, 2.24) is 0 Å². The first-order valence-electron chi connectivity index (χ1n) is 4.04. The van der Waals surface area contributed by atoms with E-state index in [1.165, 1.54) is 7.11 Å². The summed E-state index contributed by atoms with van der Waals surface area (Å²) in [7, 11) is 1.49. The van der Waals surface area contributed by atoms with E-state index in [2.05, 4.69) is 0 Å². The van der Waals surface area contributed by atoms with Crippen molar-refractivity contribution >= 4 is 11.5 Å². The van der Waals surface area contributed by atoms with E-state index in [4.69, 9.17) is 10.5 Å². The summed E-state index contributed by atoms with van der Waals surface area (Å²) in [6.07, 6.45) is 0. The number of ether oxygens (including phenoxy) is 1. The summed E-state index contributed by atoms with van der Waals surface area (Å²) in [6.45, 7) is 1.95. The van der Waals surface area contributed by atoms with Crippen LogP contribution in [-0.2, 0) is 4.74 Å². The number of benzene rings is 1. The molecule has 13 heavy (non-hydrogen) atoms. The SMILES string of the molecule is COCC(=O)c1cccc(C)c1N. The van der Waals surface area contributed by atoms with Gasteiger partial charge in [0.15, 0.2) is 5.78 Å². The molecule has 0 heterocycles. The summed E-state index contributed by atoms with van der Waals surface area (Å²) in [5, 5.41) is 0. The number of methoxy groups -OCH3 is 1. The molecule has 3 nitrogen and oxygen atoms in total. The number of nitrogen functional groups attached to an aromatic ring is 1. The van der Waals surface area contributed by atoms with Crippen LogP contribution in [0.4, 0.5) is 5.69 Å². The van der Waals surface area contributed by atoms with E-state index in [0.717, 1.165) is 5.56 Å². The van der Waals surface area contributed by atoms with Crippen molar-refractivity contribution in [1.29, 1.82) is 0 Å². The maximum Gasteiger partial charge on any atom is 0.190 e. The molecule has 2 N–H and O–H groups in total. The number of carbonyl (C=O) groups is 1. The molecule has 1 aromatic carbocycles. The van der Waals surface area contributed by atoms with Gasteiger partial charge in [0.1, 0.15) is 6.61 Å². The van der Waals surface area contributed by atoms with E-state index in [9.17, 15) is 4.79 Å². The Labute approximate surface area is 77.5 Å². The van der Waals surface area contributed by atoms with Crippen molar-refractivity contribution < 1.29 is 9.53 Å². The second-order valence-corrected chi connectivity index (χ2v) is 2.89. The summed E-state index contributed by atoms with van der Waals surface area (Å²) in [5.41, 5.74) is 7.75. The van der Waals surface area contributed by atoms with Gasteiger partial charge in [-0.2, -0.15) is 0 Å². The summed E-state index contributed by atoms with van der Waals surface area (Å²) >= 11 is 0. The first-order valence-corrected chi connectivity index (χ1v) is 4.04. The fourth-order valence-corrected chi connectivity index (χ4v) is 1.13. The minimum absolute atomic E-state index is 0.0770. The summed E-state index contributed by atoms with van der Waals surface area (Å²) < 4.78 is 4.75. The highest BCUT2D eigenvalue weighted by Gasteiger charge is 2.09. The molecule has 0 atom stereocenters. The third-order valence-corrected chi connectivity index (χ3v) is 1.90. The lowest BCUT2D eigenvalue weighted by molar-refractivity contribution is 0.0849. The van der Waals surface area contributed by atoms with Gasteiger partial charge >= 0.3 is 0 Å². The third-order valence-electron chi connectivity index (χ3n) is 1.90. The zero-order chi connectivity index (χ0) is 9.84. The quantitative estimate of drug-likeness (QED) is 0.563. The molecule has 1 aromatic rings. The fourth-order valence-electron chi connectivity index (χ4n) is 1.13. The molecule has 0 fully saturated rings. The highest BCUT2D eigenvalue weighted by Crippen LogP contribution is 2.16. The van der Waals surface area contributed by atoms with Gasteiger partial charge in [-0.1, -0.05) is 12.1 Å². The maximum atomic E-state index is 11.4. The van der Waals surface area contributed by atoms with Gasteiger partial charge in [-0.15, -0.1) is 0 Å². The van der Waals surface area contributed by atoms with E-state index in [1.54, 1.807) is 6.07 Å². The Morgan fingerprint density at radius 3 is 2.85 bits per heavy atom. The number of aryl methyl sites for hydroxylation is 1. The van der Waals surface area contributed by atoms with Gasteiger partial charge in [-0.05, 0) is 18.6 Å². The summed E-state index contributed by atoms with van der Waals surface area (Å²) in [4.78, 5) is 11.4. The molecule has 0 aromatic heterocycles. The Hall–Kier alpha value is -1.35. The largest absolute Gasteiger partial charge is 0.398 e. The lowest BCUT2D eigenvalue weighted by atomic mass is 10.1. The van der Waals surface area contributed by atoms with Gasteiger partial charge in [0.25, 0.3) is 0 Å². The Morgan fingerprint density at radius 2 is 2.23 bits per heavy atom. The van der Waals surface area contributed by atoms with E-state index in [0.29, 0.717) is 11.3 Å². The average molecular weight is 179 g/mol. The van der Waals surface area contributed by atoms with Gasteiger partial charge in [-0.3, -0.25) is 4.79 Å². The van der Waals surface area contributed by atoms with E-state index in [-0.39, 0.29) is 12.4 Å². The van der Waals surface area contributed by atoms with Gasteiger partial charge < -0.3 is 10.5 Å². The topological polar surface area (TPSA) is 52.3 Å². The summed E-state index contributed by atoms with van der Waals surface area (Å²) in [5.74, 6) is -0.0799. The minimum atomic E-state index is -0.0799.